The molecule has 2 heteroatoms. The highest BCUT2D eigenvalue weighted by molar-refractivity contribution is 8.06. The molecule has 0 aromatic carbocycles. The first kappa shape index (κ1) is 11.2. The molecule has 0 radical (unpaired) electrons. The fourth-order valence-electron chi connectivity index (χ4n) is 0.546. The monoisotopic (exact) mass is 181 g/mol. The van der Waals surface area contributed by atoms with Crippen LogP contribution in [0.5, 0.6) is 0 Å². The minimum Gasteiger partial charge on any atom is -0.293 e. The molecule has 0 aromatic rings. The first-order valence-corrected chi connectivity index (χ1v) is 4.68. The summed E-state index contributed by atoms with van der Waals surface area (Å²) < 4.78 is 0. The van der Waals surface area contributed by atoms with Crippen molar-refractivity contribution in [1.29, 1.82) is 0 Å². The Kier molecular flexibility index (Phi) is 6.48. The maximum absolute atomic E-state index is 4.07. The summed E-state index contributed by atoms with van der Waals surface area (Å²) in [6, 6.07) is 0. The molecule has 0 fully saturated rings. The molecule has 0 atom stereocenters. The highest BCUT2D eigenvalue weighted by atomic mass is 32.2. The van der Waals surface area contributed by atoms with Gasteiger partial charge in [0.1, 0.15) is 0 Å². The molecule has 0 saturated carbocycles. The van der Waals surface area contributed by atoms with Crippen molar-refractivity contribution in [3.8, 4) is 0 Å². The standard InChI is InChI=1S/C10H15NS/c1-5-9(3)12-10(4)7-8-11-6-2/h5,7-8H,1,3,6H2,2,4H3/b10-7+,11-8-. The minimum absolute atomic E-state index is 0.830. The number of aliphatic imine (C=N–C) groups is 1. The molecule has 0 aliphatic carbocycles. The van der Waals surface area contributed by atoms with Crippen LogP contribution in [0.1, 0.15) is 13.8 Å². The Hall–Kier alpha value is -0.760. The van der Waals surface area contributed by atoms with Gasteiger partial charge in [-0.1, -0.05) is 31.0 Å². The second-order valence-electron chi connectivity index (χ2n) is 2.20. The van der Waals surface area contributed by atoms with Crippen molar-refractivity contribution in [2.45, 2.75) is 13.8 Å². The minimum atomic E-state index is 0.830. The molecule has 0 spiro atoms. The maximum Gasteiger partial charge on any atom is 0.0360 e. The average molecular weight is 181 g/mol. The first-order chi connectivity index (χ1) is 5.70. The van der Waals surface area contributed by atoms with Gasteiger partial charge in [0, 0.05) is 17.7 Å². The van der Waals surface area contributed by atoms with Crippen molar-refractivity contribution in [3.05, 3.63) is 35.1 Å². The lowest BCUT2D eigenvalue weighted by Gasteiger charge is -1.97. The van der Waals surface area contributed by atoms with Crippen LogP contribution in [-0.4, -0.2) is 12.8 Å². The molecule has 0 N–H and O–H groups in total. The van der Waals surface area contributed by atoms with E-state index in [1.807, 2.05) is 26.1 Å². The summed E-state index contributed by atoms with van der Waals surface area (Å²) in [5, 5.41) is 0. The van der Waals surface area contributed by atoms with Crippen molar-refractivity contribution in [3.63, 3.8) is 0 Å². The Morgan fingerprint density at radius 2 is 2.25 bits per heavy atom. The largest absolute Gasteiger partial charge is 0.293 e. The van der Waals surface area contributed by atoms with Crippen molar-refractivity contribution < 1.29 is 0 Å². The van der Waals surface area contributed by atoms with Crippen LogP contribution in [0.25, 0.3) is 0 Å². The smallest absolute Gasteiger partial charge is 0.0360 e. The lowest BCUT2D eigenvalue weighted by Crippen LogP contribution is -1.73. The van der Waals surface area contributed by atoms with Gasteiger partial charge in [0.25, 0.3) is 0 Å². The highest BCUT2D eigenvalue weighted by Gasteiger charge is 1.89. The molecule has 0 amide bonds. The van der Waals surface area contributed by atoms with Gasteiger partial charge in [-0.25, -0.2) is 0 Å². The molecule has 0 unspecified atom stereocenters. The summed E-state index contributed by atoms with van der Waals surface area (Å²) in [5.74, 6) is 0. The van der Waals surface area contributed by atoms with Crippen LogP contribution in [0.3, 0.4) is 0 Å². The first-order valence-electron chi connectivity index (χ1n) is 3.86. The number of hydrogen-bond acceptors (Lipinski definition) is 2. The lowest BCUT2D eigenvalue weighted by molar-refractivity contribution is 1.14. The van der Waals surface area contributed by atoms with Crippen LogP contribution in [0.2, 0.25) is 0 Å². The van der Waals surface area contributed by atoms with Gasteiger partial charge in [-0.3, -0.25) is 4.99 Å². The zero-order valence-electron chi connectivity index (χ0n) is 7.71. The number of thioether (sulfide) groups is 1. The maximum atomic E-state index is 4.07. The van der Waals surface area contributed by atoms with E-state index in [1.54, 1.807) is 17.8 Å². The van der Waals surface area contributed by atoms with E-state index in [0.717, 1.165) is 11.4 Å². The zero-order chi connectivity index (χ0) is 9.40. The molecule has 66 valence electrons. The molecule has 0 bridgehead atoms. The molecule has 0 aliphatic rings. The molecular formula is C10H15NS. The summed E-state index contributed by atoms with van der Waals surface area (Å²) in [7, 11) is 0. The van der Waals surface area contributed by atoms with Crippen molar-refractivity contribution in [2.24, 2.45) is 4.99 Å². The zero-order valence-corrected chi connectivity index (χ0v) is 8.53. The summed E-state index contributed by atoms with van der Waals surface area (Å²) in [4.78, 5) is 6.22. The third kappa shape index (κ3) is 5.98. The number of nitrogens with zero attached hydrogens (tertiary/aromatic N) is 1. The third-order valence-corrected chi connectivity index (χ3v) is 2.00. The molecule has 0 saturated heterocycles. The van der Waals surface area contributed by atoms with Crippen LogP contribution < -0.4 is 0 Å². The second kappa shape index (κ2) is 6.92. The number of rotatable bonds is 5. The molecule has 0 aliphatic heterocycles. The second-order valence-corrected chi connectivity index (χ2v) is 3.57. The van der Waals surface area contributed by atoms with Crippen molar-refractivity contribution in [1.82, 2.24) is 0 Å². The topological polar surface area (TPSA) is 12.4 Å². The highest BCUT2D eigenvalue weighted by Crippen LogP contribution is 2.22. The van der Waals surface area contributed by atoms with Gasteiger partial charge >= 0.3 is 0 Å². The molecule has 0 aromatic heterocycles. The number of hydrogen-bond donors (Lipinski definition) is 0. The van der Waals surface area contributed by atoms with Crippen LogP contribution in [0, 0.1) is 0 Å². The fraction of sp³-hybridized carbons (Fsp3) is 0.300. The normalized spacial score (nSPS) is 12.0. The fourth-order valence-corrected chi connectivity index (χ4v) is 1.17. The van der Waals surface area contributed by atoms with Crippen LogP contribution >= 0.6 is 11.8 Å². The van der Waals surface area contributed by atoms with Gasteiger partial charge in [0.05, 0.1) is 0 Å². The van der Waals surface area contributed by atoms with Crippen LogP contribution in [0.4, 0.5) is 0 Å². The predicted molar refractivity (Wildman–Crippen MR) is 59.7 cm³/mol. The van der Waals surface area contributed by atoms with E-state index in [9.17, 15) is 0 Å². The van der Waals surface area contributed by atoms with E-state index in [1.165, 1.54) is 4.91 Å². The Balaban J connectivity index is 3.93. The van der Waals surface area contributed by atoms with Gasteiger partial charge in [-0.2, -0.15) is 0 Å². The molecule has 1 nitrogen and oxygen atoms in total. The Morgan fingerprint density at radius 1 is 1.58 bits per heavy atom. The summed E-state index contributed by atoms with van der Waals surface area (Å²) in [6.07, 6.45) is 5.54. The van der Waals surface area contributed by atoms with Gasteiger partial charge in [-0.15, -0.1) is 0 Å². The number of allylic oxidation sites excluding steroid dienone is 3. The predicted octanol–water partition coefficient (Wildman–Crippen LogP) is 3.41. The quantitative estimate of drug-likeness (QED) is 0.467. The van der Waals surface area contributed by atoms with Gasteiger partial charge in [0.15, 0.2) is 0 Å². The van der Waals surface area contributed by atoms with E-state index in [0.29, 0.717) is 0 Å². The van der Waals surface area contributed by atoms with Gasteiger partial charge in [-0.05, 0) is 24.8 Å². The SMILES string of the molecule is C=CC(=C)S/C(C)=C/C=N\CC. The Labute approximate surface area is 79.0 Å². The molecular weight excluding hydrogens is 166 g/mol. The Bertz CT molecular complexity index is 214. The summed E-state index contributed by atoms with van der Waals surface area (Å²) in [6.45, 7) is 12.3. The van der Waals surface area contributed by atoms with Crippen molar-refractivity contribution >= 4 is 18.0 Å². The molecule has 12 heavy (non-hydrogen) atoms. The summed E-state index contributed by atoms with van der Waals surface area (Å²) >= 11 is 1.61. The molecule has 0 rings (SSSR count). The van der Waals surface area contributed by atoms with Crippen molar-refractivity contribution in [2.75, 3.05) is 6.54 Å². The molecule has 0 heterocycles. The third-order valence-electron chi connectivity index (χ3n) is 1.12. The van der Waals surface area contributed by atoms with E-state index in [2.05, 4.69) is 18.2 Å². The summed E-state index contributed by atoms with van der Waals surface area (Å²) in [5.41, 5.74) is 0. The van der Waals surface area contributed by atoms with Crippen LogP contribution in [-0.2, 0) is 0 Å². The van der Waals surface area contributed by atoms with E-state index in [-0.39, 0.29) is 0 Å². The van der Waals surface area contributed by atoms with Gasteiger partial charge in [0.2, 0.25) is 0 Å². The van der Waals surface area contributed by atoms with E-state index >= 15 is 0 Å². The average Bonchev–Trinajstić information content (AvgIpc) is 2.05. The van der Waals surface area contributed by atoms with Gasteiger partial charge < -0.3 is 0 Å². The Morgan fingerprint density at radius 3 is 2.75 bits per heavy atom. The lowest BCUT2D eigenvalue weighted by atomic mass is 10.5. The van der Waals surface area contributed by atoms with Crippen LogP contribution in [0.15, 0.2) is 40.1 Å². The van der Waals surface area contributed by atoms with E-state index < -0.39 is 0 Å². The van der Waals surface area contributed by atoms with E-state index in [4.69, 9.17) is 0 Å².